The molecule has 0 aliphatic heterocycles. The van der Waals surface area contributed by atoms with E-state index in [1.165, 1.54) is 24.8 Å². The predicted octanol–water partition coefficient (Wildman–Crippen LogP) is 3.93. The molecule has 0 fully saturated rings. The number of nitrogens with one attached hydrogen (secondary N) is 1. The molecule has 2 rings (SSSR count). The number of hydrogen-bond acceptors (Lipinski definition) is 4. The molecule has 1 N–H and O–H groups in total. The van der Waals surface area contributed by atoms with E-state index in [-0.39, 0.29) is 11.9 Å². The number of methoxy groups -OCH3 is 1. The molecule has 1 heterocycles. The van der Waals surface area contributed by atoms with Crippen molar-refractivity contribution in [3.63, 3.8) is 0 Å². The van der Waals surface area contributed by atoms with E-state index < -0.39 is 0 Å². The van der Waals surface area contributed by atoms with Gasteiger partial charge in [0, 0.05) is 11.3 Å². The maximum Gasteiger partial charge on any atom is 0.341 e. The lowest BCUT2D eigenvalue weighted by atomic mass is 9.96. The molecule has 5 heteroatoms. The molecule has 1 aliphatic rings. The van der Waals surface area contributed by atoms with Crippen molar-refractivity contribution in [2.24, 2.45) is 0 Å². The topological polar surface area (TPSA) is 55.4 Å². The van der Waals surface area contributed by atoms with Gasteiger partial charge in [0.1, 0.15) is 5.00 Å². The summed E-state index contributed by atoms with van der Waals surface area (Å²) in [4.78, 5) is 25.2. The summed E-state index contributed by atoms with van der Waals surface area (Å²) in [5.41, 5.74) is 1.68. The van der Waals surface area contributed by atoms with Crippen molar-refractivity contribution in [1.82, 2.24) is 0 Å². The Morgan fingerprint density at radius 3 is 2.57 bits per heavy atom. The fourth-order valence-electron chi connectivity index (χ4n) is 2.74. The molecule has 21 heavy (non-hydrogen) atoms. The van der Waals surface area contributed by atoms with Crippen LogP contribution < -0.4 is 5.32 Å². The SMILES string of the molecule is CCCC(=O)Nc1sc2c(c1C(=O)OC)CCCCCC2. The minimum absolute atomic E-state index is 0.0307. The number of carbonyl (C=O) groups excluding carboxylic acids is 2. The fourth-order valence-corrected chi connectivity index (χ4v) is 4.04. The van der Waals surface area contributed by atoms with Gasteiger partial charge in [0.05, 0.1) is 12.7 Å². The number of ether oxygens (including phenoxy) is 1. The second-order valence-electron chi connectivity index (χ2n) is 5.41. The van der Waals surface area contributed by atoms with Gasteiger partial charge in [-0.2, -0.15) is 0 Å². The predicted molar refractivity (Wildman–Crippen MR) is 85.1 cm³/mol. The standard InChI is InChI=1S/C16H23NO3S/c1-3-8-13(18)17-15-14(16(19)20-2)11-9-6-4-5-7-10-12(11)21-15/h3-10H2,1-2H3,(H,17,18). The van der Waals surface area contributed by atoms with E-state index >= 15 is 0 Å². The summed E-state index contributed by atoms with van der Waals surface area (Å²) in [6.45, 7) is 1.97. The van der Waals surface area contributed by atoms with Crippen molar-refractivity contribution >= 4 is 28.2 Å². The molecule has 1 amide bonds. The van der Waals surface area contributed by atoms with E-state index in [1.807, 2.05) is 6.92 Å². The summed E-state index contributed by atoms with van der Waals surface area (Å²) in [5.74, 6) is -0.364. The largest absolute Gasteiger partial charge is 0.465 e. The van der Waals surface area contributed by atoms with E-state index in [0.717, 1.165) is 37.7 Å². The van der Waals surface area contributed by atoms with Crippen molar-refractivity contribution in [3.05, 3.63) is 16.0 Å². The molecular formula is C16H23NO3S. The summed E-state index contributed by atoms with van der Waals surface area (Å²) >= 11 is 1.55. The van der Waals surface area contributed by atoms with Crippen molar-refractivity contribution in [1.29, 1.82) is 0 Å². The van der Waals surface area contributed by atoms with E-state index in [1.54, 1.807) is 11.3 Å². The van der Waals surface area contributed by atoms with Gasteiger partial charge in [0.25, 0.3) is 0 Å². The van der Waals surface area contributed by atoms with Crippen LogP contribution in [0.25, 0.3) is 0 Å². The van der Waals surface area contributed by atoms with Gasteiger partial charge in [0.15, 0.2) is 0 Å². The van der Waals surface area contributed by atoms with E-state index in [2.05, 4.69) is 5.32 Å². The van der Waals surface area contributed by atoms with Crippen LogP contribution >= 0.6 is 11.3 Å². The van der Waals surface area contributed by atoms with Gasteiger partial charge < -0.3 is 10.1 Å². The van der Waals surface area contributed by atoms with Crippen LogP contribution in [0, 0.1) is 0 Å². The molecule has 116 valence electrons. The first-order valence-corrected chi connectivity index (χ1v) is 8.51. The average Bonchev–Trinajstić information content (AvgIpc) is 2.75. The number of rotatable bonds is 4. The van der Waals surface area contributed by atoms with Crippen LogP contribution in [0.1, 0.15) is 66.2 Å². The summed E-state index contributed by atoms with van der Waals surface area (Å²) in [6, 6.07) is 0. The molecule has 1 aromatic heterocycles. The Balaban J connectivity index is 2.35. The van der Waals surface area contributed by atoms with Crippen LogP contribution in [0.3, 0.4) is 0 Å². The van der Waals surface area contributed by atoms with Crippen molar-refractivity contribution < 1.29 is 14.3 Å². The summed E-state index contributed by atoms with van der Waals surface area (Å²) in [6.07, 6.45) is 7.85. The minimum atomic E-state index is -0.333. The zero-order valence-corrected chi connectivity index (χ0v) is 13.6. The Bertz CT molecular complexity index is 522. The van der Waals surface area contributed by atoms with Crippen LogP contribution in [0.5, 0.6) is 0 Å². The molecule has 0 saturated heterocycles. The van der Waals surface area contributed by atoms with Crippen molar-refractivity contribution in [3.8, 4) is 0 Å². The minimum Gasteiger partial charge on any atom is -0.465 e. The molecule has 1 aliphatic carbocycles. The van der Waals surface area contributed by atoms with Gasteiger partial charge in [-0.25, -0.2) is 4.79 Å². The number of esters is 1. The van der Waals surface area contributed by atoms with Crippen LogP contribution in [-0.2, 0) is 22.4 Å². The number of hydrogen-bond donors (Lipinski definition) is 1. The Labute approximate surface area is 129 Å². The Kier molecular flexibility index (Phi) is 5.79. The smallest absolute Gasteiger partial charge is 0.341 e. The van der Waals surface area contributed by atoms with Gasteiger partial charge in [-0.3, -0.25) is 4.79 Å². The molecule has 4 nitrogen and oxygen atoms in total. The third-order valence-corrected chi connectivity index (χ3v) is 5.00. The van der Waals surface area contributed by atoms with Gasteiger partial charge in [-0.15, -0.1) is 11.3 Å². The first kappa shape index (κ1) is 16.0. The average molecular weight is 309 g/mol. The molecule has 0 bridgehead atoms. The number of fused-ring (bicyclic) bond motifs is 1. The van der Waals surface area contributed by atoms with E-state index in [9.17, 15) is 9.59 Å². The highest BCUT2D eigenvalue weighted by atomic mass is 32.1. The summed E-state index contributed by atoms with van der Waals surface area (Å²) < 4.78 is 4.93. The Hall–Kier alpha value is -1.36. The molecule has 0 aromatic carbocycles. The van der Waals surface area contributed by atoms with Gasteiger partial charge in [0.2, 0.25) is 5.91 Å². The molecule has 0 atom stereocenters. The Morgan fingerprint density at radius 2 is 1.90 bits per heavy atom. The monoisotopic (exact) mass is 309 g/mol. The summed E-state index contributed by atoms with van der Waals surface area (Å²) in [7, 11) is 1.40. The number of amides is 1. The van der Waals surface area contributed by atoms with E-state index in [4.69, 9.17) is 4.74 Å². The third-order valence-electron chi connectivity index (χ3n) is 3.79. The highest BCUT2D eigenvalue weighted by molar-refractivity contribution is 7.17. The number of aryl methyl sites for hydroxylation is 1. The quantitative estimate of drug-likeness (QED) is 0.857. The molecule has 1 aromatic rings. The highest BCUT2D eigenvalue weighted by Crippen LogP contribution is 2.37. The molecule has 0 saturated carbocycles. The second kappa shape index (κ2) is 7.59. The van der Waals surface area contributed by atoms with Crippen LogP contribution in [0.4, 0.5) is 5.00 Å². The zero-order valence-electron chi connectivity index (χ0n) is 12.8. The van der Waals surface area contributed by atoms with Gasteiger partial charge in [-0.1, -0.05) is 19.8 Å². The van der Waals surface area contributed by atoms with Crippen molar-refractivity contribution in [2.75, 3.05) is 12.4 Å². The van der Waals surface area contributed by atoms with Crippen LogP contribution in [0.15, 0.2) is 0 Å². The maximum absolute atomic E-state index is 12.1. The molecule has 0 spiro atoms. The normalized spacial score (nSPS) is 14.8. The summed E-state index contributed by atoms with van der Waals surface area (Å²) in [5, 5.41) is 3.58. The first-order valence-electron chi connectivity index (χ1n) is 7.70. The van der Waals surface area contributed by atoms with Gasteiger partial charge >= 0.3 is 5.97 Å². The molecule has 0 unspecified atom stereocenters. The third kappa shape index (κ3) is 3.84. The number of thiophene rings is 1. The first-order chi connectivity index (χ1) is 10.2. The zero-order chi connectivity index (χ0) is 15.2. The van der Waals surface area contributed by atoms with E-state index in [0.29, 0.717) is 17.0 Å². The molecule has 0 radical (unpaired) electrons. The second-order valence-corrected chi connectivity index (χ2v) is 6.52. The lowest BCUT2D eigenvalue weighted by molar-refractivity contribution is -0.116. The highest BCUT2D eigenvalue weighted by Gasteiger charge is 2.25. The van der Waals surface area contributed by atoms with Gasteiger partial charge in [-0.05, 0) is 37.7 Å². The number of carbonyl (C=O) groups is 2. The molecular weight excluding hydrogens is 286 g/mol. The van der Waals surface area contributed by atoms with Crippen molar-refractivity contribution in [2.45, 2.75) is 58.3 Å². The van der Waals surface area contributed by atoms with Crippen LogP contribution in [-0.4, -0.2) is 19.0 Å². The fraction of sp³-hybridized carbons (Fsp3) is 0.625. The lowest BCUT2D eigenvalue weighted by Crippen LogP contribution is -2.14. The maximum atomic E-state index is 12.1. The Morgan fingerprint density at radius 1 is 1.19 bits per heavy atom. The van der Waals surface area contributed by atoms with Crippen LogP contribution in [0.2, 0.25) is 0 Å². The lowest BCUT2D eigenvalue weighted by Gasteiger charge is -2.10. The number of anilines is 1.